The van der Waals surface area contributed by atoms with Crippen molar-refractivity contribution in [3.8, 4) is 5.69 Å². The molecule has 0 saturated carbocycles. The normalized spacial score (nSPS) is 10.5. The lowest BCUT2D eigenvalue weighted by atomic mass is 10.2. The van der Waals surface area contributed by atoms with Crippen LogP contribution in [0.25, 0.3) is 5.69 Å². The van der Waals surface area contributed by atoms with Crippen LogP contribution in [0.5, 0.6) is 0 Å². The van der Waals surface area contributed by atoms with Crippen molar-refractivity contribution in [2.45, 2.75) is 19.4 Å². The number of ether oxygens (including phenoxy) is 1. The van der Waals surface area contributed by atoms with E-state index in [0.29, 0.717) is 18.0 Å². The molecule has 1 aromatic carbocycles. The molecule has 6 heteroatoms. The molecule has 122 valence electrons. The van der Waals surface area contributed by atoms with Gasteiger partial charge in [0, 0.05) is 24.4 Å². The van der Waals surface area contributed by atoms with Crippen LogP contribution < -0.4 is 0 Å². The van der Waals surface area contributed by atoms with Crippen LogP contribution in [0.3, 0.4) is 0 Å². The average molecular weight is 342 g/mol. The Bertz CT molecular complexity index is 801. The number of nitrogens with zero attached hydrogens (tertiary/aromatic N) is 3. The van der Waals surface area contributed by atoms with E-state index in [1.807, 2.05) is 36.5 Å². The van der Waals surface area contributed by atoms with Crippen molar-refractivity contribution in [3.63, 3.8) is 0 Å². The van der Waals surface area contributed by atoms with E-state index in [4.69, 9.17) is 16.3 Å². The number of aryl methyl sites for hydroxylation is 1. The van der Waals surface area contributed by atoms with Crippen molar-refractivity contribution in [2.75, 3.05) is 0 Å². The summed E-state index contributed by atoms with van der Waals surface area (Å²) < 4.78 is 7.02. The molecule has 0 N–H and O–H groups in total. The van der Waals surface area contributed by atoms with E-state index < -0.39 is 0 Å². The molecule has 0 aliphatic rings. The summed E-state index contributed by atoms with van der Waals surface area (Å²) in [7, 11) is 0. The number of para-hydroxylation sites is 1. The number of benzene rings is 1. The first kappa shape index (κ1) is 16.2. The predicted molar refractivity (Wildman–Crippen MR) is 90.9 cm³/mol. The number of esters is 1. The van der Waals surface area contributed by atoms with E-state index in [2.05, 4.69) is 10.1 Å². The first-order valence-corrected chi connectivity index (χ1v) is 7.93. The molecule has 2 heterocycles. The molecule has 0 bridgehead atoms. The first-order chi connectivity index (χ1) is 11.7. The topological polar surface area (TPSA) is 57.0 Å². The van der Waals surface area contributed by atoms with Gasteiger partial charge in [0.2, 0.25) is 0 Å². The monoisotopic (exact) mass is 341 g/mol. The summed E-state index contributed by atoms with van der Waals surface area (Å²) in [6.45, 7) is 0.201. The van der Waals surface area contributed by atoms with E-state index >= 15 is 0 Å². The Morgan fingerprint density at radius 2 is 1.92 bits per heavy atom. The van der Waals surface area contributed by atoms with E-state index in [1.165, 1.54) is 0 Å². The maximum atomic E-state index is 11.8. The molecule has 0 aliphatic heterocycles. The Hall–Kier alpha value is -2.66. The number of halogens is 1. The number of carbonyl (C=O) groups excluding carboxylic acids is 1. The fourth-order valence-corrected chi connectivity index (χ4v) is 2.30. The Kier molecular flexibility index (Phi) is 5.23. The van der Waals surface area contributed by atoms with Crippen molar-refractivity contribution >= 4 is 17.6 Å². The van der Waals surface area contributed by atoms with Crippen LogP contribution in [0.15, 0.2) is 61.1 Å². The molecule has 3 rings (SSSR count). The average Bonchev–Trinajstić information content (AvgIpc) is 3.09. The molecule has 0 atom stereocenters. The molecule has 24 heavy (non-hydrogen) atoms. The highest BCUT2D eigenvalue weighted by molar-refractivity contribution is 6.29. The molecule has 0 saturated heterocycles. The van der Waals surface area contributed by atoms with Crippen LogP contribution >= 0.6 is 11.6 Å². The van der Waals surface area contributed by atoms with Crippen molar-refractivity contribution in [1.29, 1.82) is 0 Å². The maximum absolute atomic E-state index is 11.8. The molecule has 0 spiro atoms. The van der Waals surface area contributed by atoms with Gasteiger partial charge in [-0.3, -0.25) is 4.79 Å². The fraction of sp³-hybridized carbons (Fsp3) is 0.167. The predicted octanol–water partition coefficient (Wildman–Crippen LogP) is 3.60. The lowest BCUT2D eigenvalue weighted by Gasteiger charge is -2.04. The zero-order valence-corrected chi connectivity index (χ0v) is 13.7. The number of pyridine rings is 1. The molecular weight excluding hydrogens is 326 g/mol. The van der Waals surface area contributed by atoms with Crippen LogP contribution in [0, 0.1) is 0 Å². The SMILES string of the molecule is O=C(CCc1cnn(-c2ccccc2)c1)OCc1ccc(Cl)nc1. The Balaban J connectivity index is 1.48. The van der Waals surface area contributed by atoms with Gasteiger partial charge in [0.05, 0.1) is 11.9 Å². The number of aromatic nitrogens is 3. The minimum absolute atomic E-state index is 0.201. The van der Waals surface area contributed by atoms with E-state index in [-0.39, 0.29) is 12.6 Å². The molecule has 0 aliphatic carbocycles. The smallest absolute Gasteiger partial charge is 0.306 e. The number of carbonyl (C=O) groups is 1. The number of rotatable bonds is 6. The highest BCUT2D eigenvalue weighted by atomic mass is 35.5. The molecule has 3 aromatic rings. The van der Waals surface area contributed by atoms with Gasteiger partial charge >= 0.3 is 5.97 Å². The molecular formula is C18H16ClN3O2. The summed E-state index contributed by atoms with van der Waals surface area (Å²) >= 11 is 5.71. The van der Waals surface area contributed by atoms with Gasteiger partial charge < -0.3 is 4.74 Å². The highest BCUT2D eigenvalue weighted by Crippen LogP contribution is 2.10. The summed E-state index contributed by atoms with van der Waals surface area (Å²) in [6.07, 6.45) is 6.18. The van der Waals surface area contributed by atoms with Gasteiger partial charge in [0.15, 0.2) is 0 Å². The van der Waals surface area contributed by atoms with Gasteiger partial charge in [-0.2, -0.15) is 5.10 Å². The second-order valence-corrected chi connectivity index (χ2v) is 5.67. The van der Waals surface area contributed by atoms with Crippen molar-refractivity contribution in [3.05, 3.63) is 77.3 Å². The third-order valence-corrected chi connectivity index (χ3v) is 3.69. The van der Waals surface area contributed by atoms with Crippen LogP contribution in [-0.2, 0) is 22.6 Å². The number of hydrogen-bond donors (Lipinski definition) is 0. The van der Waals surface area contributed by atoms with Crippen LogP contribution in [0.4, 0.5) is 0 Å². The quantitative estimate of drug-likeness (QED) is 0.508. The van der Waals surface area contributed by atoms with Gasteiger partial charge in [-0.25, -0.2) is 9.67 Å². The van der Waals surface area contributed by atoms with Crippen LogP contribution in [-0.4, -0.2) is 20.7 Å². The summed E-state index contributed by atoms with van der Waals surface area (Å²) in [5, 5.41) is 4.73. The zero-order valence-electron chi connectivity index (χ0n) is 12.9. The third-order valence-electron chi connectivity index (χ3n) is 3.46. The Morgan fingerprint density at radius 1 is 1.08 bits per heavy atom. The van der Waals surface area contributed by atoms with Crippen LogP contribution in [0.1, 0.15) is 17.5 Å². The lowest BCUT2D eigenvalue weighted by molar-refractivity contribution is -0.144. The van der Waals surface area contributed by atoms with Gasteiger partial charge in [0.25, 0.3) is 0 Å². The van der Waals surface area contributed by atoms with Gasteiger partial charge in [0.1, 0.15) is 11.8 Å². The van der Waals surface area contributed by atoms with Crippen molar-refractivity contribution in [2.24, 2.45) is 0 Å². The van der Waals surface area contributed by atoms with Gasteiger partial charge in [-0.1, -0.05) is 35.9 Å². The molecule has 0 unspecified atom stereocenters. The second-order valence-electron chi connectivity index (χ2n) is 5.28. The van der Waals surface area contributed by atoms with Crippen molar-refractivity contribution in [1.82, 2.24) is 14.8 Å². The second kappa shape index (κ2) is 7.75. The minimum Gasteiger partial charge on any atom is -0.461 e. The zero-order chi connectivity index (χ0) is 16.8. The Labute approximate surface area is 144 Å². The minimum atomic E-state index is -0.252. The summed E-state index contributed by atoms with van der Waals surface area (Å²) in [5.41, 5.74) is 2.79. The van der Waals surface area contributed by atoms with Gasteiger partial charge in [-0.15, -0.1) is 0 Å². The first-order valence-electron chi connectivity index (χ1n) is 7.56. The van der Waals surface area contributed by atoms with Crippen molar-refractivity contribution < 1.29 is 9.53 Å². The molecule has 0 fully saturated rings. The molecule has 0 radical (unpaired) electrons. The summed E-state index contributed by atoms with van der Waals surface area (Å²) in [4.78, 5) is 15.8. The largest absolute Gasteiger partial charge is 0.461 e. The summed E-state index contributed by atoms with van der Waals surface area (Å²) in [6, 6.07) is 13.3. The summed E-state index contributed by atoms with van der Waals surface area (Å²) in [5.74, 6) is -0.252. The maximum Gasteiger partial charge on any atom is 0.306 e. The van der Waals surface area contributed by atoms with Gasteiger partial charge in [-0.05, 0) is 30.2 Å². The third kappa shape index (κ3) is 4.43. The van der Waals surface area contributed by atoms with Crippen LogP contribution in [0.2, 0.25) is 5.15 Å². The molecule has 2 aromatic heterocycles. The molecule has 0 amide bonds. The van der Waals surface area contributed by atoms with E-state index in [1.54, 1.807) is 29.2 Å². The fourth-order valence-electron chi connectivity index (χ4n) is 2.19. The van der Waals surface area contributed by atoms with E-state index in [0.717, 1.165) is 16.8 Å². The number of hydrogen-bond acceptors (Lipinski definition) is 4. The Morgan fingerprint density at radius 3 is 2.67 bits per heavy atom. The lowest BCUT2D eigenvalue weighted by Crippen LogP contribution is -2.06. The van der Waals surface area contributed by atoms with E-state index in [9.17, 15) is 4.79 Å². The molecule has 5 nitrogen and oxygen atoms in total. The highest BCUT2D eigenvalue weighted by Gasteiger charge is 2.07. The standard InChI is InChI=1S/C18H16ClN3O2/c19-17-8-6-15(10-20-17)13-24-18(23)9-7-14-11-21-22(12-14)16-4-2-1-3-5-16/h1-6,8,10-12H,7,9,13H2.